The standard InChI is InChI=1S/C20H21N3O2S.ClH/c24-26(25,16-10-17-5-2-1-3-6-17)23-13-9-18-19(7-4-8-20(18)23)22-14-11-21-12-15-22;/h1-10,13,16,21H,11-12,14-15H2;1H/b16-10+;. The number of hydrogen-bond acceptors (Lipinski definition) is 4. The first-order chi connectivity index (χ1) is 12.6. The van der Waals surface area contributed by atoms with E-state index in [0.717, 1.165) is 42.8 Å². The molecule has 0 atom stereocenters. The van der Waals surface area contributed by atoms with E-state index in [2.05, 4.69) is 16.3 Å². The molecular weight excluding hydrogens is 382 g/mol. The summed E-state index contributed by atoms with van der Waals surface area (Å²) in [6.45, 7) is 3.72. The Hall–Kier alpha value is -2.28. The van der Waals surface area contributed by atoms with Crippen LogP contribution in [0.1, 0.15) is 5.56 Å². The summed E-state index contributed by atoms with van der Waals surface area (Å²) in [6, 6.07) is 17.2. The van der Waals surface area contributed by atoms with Gasteiger partial charge in [-0.2, -0.15) is 0 Å². The molecule has 2 heterocycles. The van der Waals surface area contributed by atoms with Crippen LogP contribution >= 0.6 is 12.4 Å². The SMILES string of the molecule is Cl.O=S(=O)(/C=C/c1ccccc1)n1ccc2c(N3CCNCC3)cccc21. The number of rotatable bonds is 4. The predicted octanol–water partition coefficient (Wildman–Crippen LogP) is 3.32. The number of anilines is 1. The highest BCUT2D eigenvalue weighted by atomic mass is 35.5. The van der Waals surface area contributed by atoms with Crippen molar-refractivity contribution in [2.45, 2.75) is 0 Å². The Bertz CT molecular complexity index is 1040. The monoisotopic (exact) mass is 403 g/mol. The lowest BCUT2D eigenvalue weighted by atomic mass is 10.2. The van der Waals surface area contributed by atoms with Crippen LogP contribution in [0.2, 0.25) is 0 Å². The highest BCUT2D eigenvalue weighted by Gasteiger charge is 2.18. The minimum atomic E-state index is -3.58. The molecule has 0 spiro atoms. The van der Waals surface area contributed by atoms with Crippen LogP contribution < -0.4 is 10.2 Å². The number of fused-ring (bicyclic) bond motifs is 1. The van der Waals surface area contributed by atoms with Crippen molar-refractivity contribution in [1.82, 2.24) is 9.29 Å². The second kappa shape index (κ2) is 8.17. The van der Waals surface area contributed by atoms with Gasteiger partial charge in [-0.1, -0.05) is 36.4 Å². The van der Waals surface area contributed by atoms with Gasteiger partial charge in [-0.05, 0) is 29.8 Å². The smallest absolute Gasteiger partial charge is 0.261 e. The molecule has 1 aliphatic heterocycles. The Morgan fingerprint density at radius 2 is 1.67 bits per heavy atom. The molecule has 5 nitrogen and oxygen atoms in total. The van der Waals surface area contributed by atoms with Crippen LogP contribution in [0.4, 0.5) is 5.69 Å². The maximum Gasteiger partial charge on any atom is 0.261 e. The van der Waals surface area contributed by atoms with E-state index in [1.54, 1.807) is 12.3 Å². The van der Waals surface area contributed by atoms with Gasteiger partial charge in [0.1, 0.15) is 0 Å². The van der Waals surface area contributed by atoms with E-state index >= 15 is 0 Å². The van der Waals surface area contributed by atoms with Crippen LogP contribution in [-0.2, 0) is 10.0 Å². The number of nitrogens with zero attached hydrogens (tertiary/aromatic N) is 2. The van der Waals surface area contributed by atoms with Crippen LogP contribution in [0.3, 0.4) is 0 Å². The molecule has 0 unspecified atom stereocenters. The summed E-state index contributed by atoms with van der Waals surface area (Å²) in [5.41, 5.74) is 2.65. The summed E-state index contributed by atoms with van der Waals surface area (Å²) in [6.07, 6.45) is 3.27. The normalized spacial score (nSPS) is 15.2. The number of benzene rings is 2. The lowest BCUT2D eigenvalue weighted by Crippen LogP contribution is -2.43. The molecule has 27 heavy (non-hydrogen) atoms. The first kappa shape index (κ1) is 19.5. The number of piperazine rings is 1. The molecule has 1 N–H and O–H groups in total. The second-order valence-electron chi connectivity index (χ2n) is 6.32. The summed E-state index contributed by atoms with van der Waals surface area (Å²) in [5.74, 6) is 0. The first-order valence-corrected chi connectivity index (χ1v) is 10.2. The first-order valence-electron chi connectivity index (χ1n) is 8.70. The van der Waals surface area contributed by atoms with Gasteiger partial charge in [-0.3, -0.25) is 0 Å². The van der Waals surface area contributed by atoms with Crippen molar-refractivity contribution in [1.29, 1.82) is 0 Å². The Labute approximate surface area is 165 Å². The molecule has 3 aromatic rings. The molecule has 142 valence electrons. The second-order valence-corrected chi connectivity index (χ2v) is 8.01. The highest BCUT2D eigenvalue weighted by molar-refractivity contribution is 7.93. The maximum atomic E-state index is 12.8. The van der Waals surface area contributed by atoms with Gasteiger partial charge in [0.15, 0.2) is 0 Å². The Morgan fingerprint density at radius 3 is 2.41 bits per heavy atom. The minimum Gasteiger partial charge on any atom is -0.368 e. The number of nitrogens with one attached hydrogen (secondary N) is 1. The van der Waals surface area contributed by atoms with Crippen LogP contribution in [0.15, 0.2) is 66.2 Å². The van der Waals surface area contributed by atoms with Gasteiger partial charge in [0.25, 0.3) is 10.0 Å². The Kier molecular flexibility index (Phi) is 5.89. The van der Waals surface area contributed by atoms with E-state index in [9.17, 15) is 8.42 Å². The quantitative estimate of drug-likeness (QED) is 0.726. The fourth-order valence-corrected chi connectivity index (χ4v) is 4.45. The van der Waals surface area contributed by atoms with Crippen LogP contribution in [0.5, 0.6) is 0 Å². The highest BCUT2D eigenvalue weighted by Crippen LogP contribution is 2.29. The third kappa shape index (κ3) is 4.03. The molecule has 0 radical (unpaired) electrons. The maximum absolute atomic E-state index is 12.8. The molecule has 1 fully saturated rings. The molecule has 1 aliphatic rings. The van der Waals surface area contributed by atoms with Gasteiger partial charge in [0.05, 0.1) is 10.9 Å². The molecule has 0 aliphatic carbocycles. The number of halogens is 1. The Morgan fingerprint density at radius 1 is 0.926 bits per heavy atom. The van der Waals surface area contributed by atoms with Crippen LogP contribution in [-0.4, -0.2) is 38.6 Å². The summed E-state index contributed by atoms with van der Waals surface area (Å²) >= 11 is 0. The topological polar surface area (TPSA) is 54.3 Å². The van der Waals surface area contributed by atoms with Gasteiger partial charge in [-0.25, -0.2) is 12.4 Å². The summed E-state index contributed by atoms with van der Waals surface area (Å²) < 4.78 is 27.0. The van der Waals surface area contributed by atoms with E-state index in [4.69, 9.17) is 0 Å². The average molecular weight is 404 g/mol. The fraction of sp³-hybridized carbons (Fsp3) is 0.200. The predicted molar refractivity (Wildman–Crippen MR) is 114 cm³/mol. The molecule has 1 aromatic heterocycles. The van der Waals surface area contributed by atoms with Gasteiger partial charge >= 0.3 is 0 Å². The lowest BCUT2D eigenvalue weighted by Gasteiger charge is -2.30. The molecule has 4 rings (SSSR count). The molecule has 0 bridgehead atoms. The zero-order valence-electron chi connectivity index (χ0n) is 14.8. The van der Waals surface area contributed by atoms with Gasteiger partial charge in [-0.15, -0.1) is 12.4 Å². The van der Waals surface area contributed by atoms with Crippen molar-refractivity contribution in [3.05, 3.63) is 71.8 Å². The molecule has 0 amide bonds. The van der Waals surface area contributed by atoms with Gasteiger partial charge in [0, 0.05) is 43.4 Å². The minimum absolute atomic E-state index is 0. The largest absolute Gasteiger partial charge is 0.368 e. The van der Waals surface area contributed by atoms with Crippen molar-refractivity contribution < 1.29 is 8.42 Å². The third-order valence-electron chi connectivity index (χ3n) is 4.64. The van der Waals surface area contributed by atoms with Crippen LogP contribution in [0, 0.1) is 0 Å². The van der Waals surface area contributed by atoms with Crippen molar-refractivity contribution >= 4 is 45.1 Å². The van der Waals surface area contributed by atoms with E-state index in [-0.39, 0.29) is 12.4 Å². The lowest BCUT2D eigenvalue weighted by molar-refractivity contribution is 0.590. The third-order valence-corrected chi connectivity index (χ3v) is 5.98. The van der Waals surface area contributed by atoms with E-state index < -0.39 is 10.0 Å². The molecule has 0 saturated carbocycles. The van der Waals surface area contributed by atoms with Gasteiger partial charge in [0.2, 0.25) is 0 Å². The van der Waals surface area contributed by atoms with E-state index in [0.29, 0.717) is 5.52 Å². The van der Waals surface area contributed by atoms with E-state index in [1.807, 2.05) is 48.5 Å². The fourth-order valence-electron chi connectivity index (χ4n) is 3.32. The molecule has 7 heteroatoms. The summed E-state index contributed by atoms with van der Waals surface area (Å²) in [5, 5.41) is 5.57. The van der Waals surface area contributed by atoms with Crippen molar-refractivity contribution in [3.8, 4) is 0 Å². The van der Waals surface area contributed by atoms with Crippen molar-refractivity contribution in [2.75, 3.05) is 31.1 Å². The zero-order valence-corrected chi connectivity index (χ0v) is 16.4. The van der Waals surface area contributed by atoms with Crippen molar-refractivity contribution in [2.24, 2.45) is 0 Å². The molecule has 2 aromatic carbocycles. The molecular formula is C20H22ClN3O2S. The van der Waals surface area contributed by atoms with E-state index in [1.165, 1.54) is 9.38 Å². The van der Waals surface area contributed by atoms with Gasteiger partial charge < -0.3 is 10.2 Å². The summed E-state index contributed by atoms with van der Waals surface area (Å²) in [4.78, 5) is 2.30. The number of hydrogen-bond donors (Lipinski definition) is 1. The average Bonchev–Trinajstić information content (AvgIpc) is 3.13. The Balaban J connectivity index is 0.00000210. The van der Waals surface area contributed by atoms with Crippen LogP contribution in [0.25, 0.3) is 17.0 Å². The number of aromatic nitrogens is 1. The summed E-state index contributed by atoms with van der Waals surface area (Å²) in [7, 11) is -3.58. The van der Waals surface area contributed by atoms with Crippen molar-refractivity contribution in [3.63, 3.8) is 0 Å². The molecule has 1 saturated heterocycles. The zero-order chi connectivity index (χ0) is 18.0.